The summed E-state index contributed by atoms with van der Waals surface area (Å²) in [6.07, 6.45) is -1.49. The summed E-state index contributed by atoms with van der Waals surface area (Å²) >= 11 is 0. The summed E-state index contributed by atoms with van der Waals surface area (Å²) in [6.45, 7) is 0.204. The average molecular weight is 279 g/mol. The lowest BCUT2D eigenvalue weighted by atomic mass is 10.1. The van der Waals surface area contributed by atoms with Gasteiger partial charge >= 0.3 is 0 Å². The van der Waals surface area contributed by atoms with Crippen LogP contribution in [0.4, 0.5) is 5.69 Å². The van der Waals surface area contributed by atoms with E-state index in [0.717, 1.165) is 0 Å². The van der Waals surface area contributed by atoms with Crippen molar-refractivity contribution in [2.45, 2.75) is 31.7 Å². The first-order valence-corrected chi connectivity index (χ1v) is 6.25. The third-order valence-corrected chi connectivity index (χ3v) is 3.43. The number of aliphatic hydroxyl groups excluding tert-OH is 1. The molecular weight excluding hydrogens is 262 g/mol. The van der Waals surface area contributed by atoms with Crippen molar-refractivity contribution < 1.29 is 19.8 Å². The first-order valence-electron chi connectivity index (χ1n) is 6.25. The molecule has 20 heavy (non-hydrogen) atoms. The first kappa shape index (κ1) is 14.3. The van der Waals surface area contributed by atoms with Crippen LogP contribution in [0.5, 0.6) is 0 Å². The lowest BCUT2D eigenvalue weighted by Crippen LogP contribution is -2.45. The second kappa shape index (κ2) is 5.48. The molecule has 1 heterocycles. The number of primary amides is 1. The number of aliphatic hydroxyl groups is 2. The molecule has 0 aliphatic carbocycles. The highest BCUT2D eigenvalue weighted by molar-refractivity contribution is 6.02. The van der Waals surface area contributed by atoms with Gasteiger partial charge in [0.05, 0.1) is 0 Å². The van der Waals surface area contributed by atoms with Crippen molar-refractivity contribution >= 4 is 17.5 Å². The van der Waals surface area contributed by atoms with Crippen molar-refractivity contribution in [3.63, 3.8) is 0 Å². The van der Waals surface area contributed by atoms with Crippen LogP contribution in [0.2, 0.25) is 0 Å². The van der Waals surface area contributed by atoms with Crippen LogP contribution in [0.3, 0.4) is 0 Å². The zero-order chi connectivity index (χ0) is 14.9. The van der Waals surface area contributed by atoms with Crippen LogP contribution in [-0.4, -0.2) is 39.3 Å². The van der Waals surface area contributed by atoms with Gasteiger partial charge in [-0.05, 0) is 18.6 Å². The third-order valence-electron chi connectivity index (χ3n) is 3.43. The van der Waals surface area contributed by atoms with Crippen molar-refractivity contribution in [3.05, 3.63) is 29.3 Å². The Morgan fingerprint density at radius 1 is 1.35 bits per heavy atom. The smallest absolute Gasteiger partial charge is 0.255 e. The number of amides is 2. The fourth-order valence-electron chi connectivity index (χ4n) is 2.39. The van der Waals surface area contributed by atoms with Gasteiger partial charge < -0.3 is 26.6 Å². The predicted octanol–water partition coefficient (Wildman–Crippen LogP) is -0.831. The Balaban J connectivity index is 2.23. The normalized spacial score (nSPS) is 15.6. The summed E-state index contributed by atoms with van der Waals surface area (Å²) in [4.78, 5) is 25.1. The number of benzene rings is 1. The molecule has 1 aliphatic rings. The summed E-state index contributed by atoms with van der Waals surface area (Å²) in [7, 11) is 0. The van der Waals surface area contributed by atoms with Gasteiger partial charge in [0.25, 0.3) is 5.91 Å². The van der Waals surface area contributed by atoms with Crippen LogP contribution in [-0.2, 0) is 11.3 Å². The maximum absolute atomic E-state index is 12.3. The molecule has 1 aromatic carbocycles. The second-order valence-electron chi connectivity index (χ2n) is 4.78. The van der Waals surface area contributed by atoms with Crippen molar-refractivity contribution in [1.82, 2.24) is 4.90 Å². The molecule has 0 radical (unpaired) electrons. The monoisotopic (exact) mass is 279 g/mol. The average Bonchev–Trinajstić information content (AvgIpc) is 2.69. The van der Waals surface area contributed by atoms with Gasteiger partial charge in [0, 0.05) is 29.8 Å². The molecule has 0 saturated carbocycles. The molecule has 0 fully saturated rings. The summed E-state index contributed by atoms with van der Waals surface area (Å²) < 4.78 is 0. The Morgan fingerprint density at radius 2 is 2.05 bits per heavy atom. The molecule has 7 nitrogen and oxygen atoms in total. The minimum Gasteiger partial charge on any atom is -0.398 e. The summed E-state index contributed by atoms with van der Waals surface area (Å²) in [5.74, 6) is -0.992. The fraction of sp³-hybridized carbons (Fsp3) is 0.385. The zero-order valence-corrected chi connectivity index (χ0v) is 10.8. The second-order valence-corrected chi connectivity index (χ2v) is 4.78. The van der Waals surface area contributed by atoms with Crippen molar-refractivity contribution in [2.24, 2.45) is 5.73 Å². The number of rotatable bonds is 5. The van der Waals surface area contributed by atoms with Gasteiger partial charge in [0.2, 0.25) is 5.91 Å². The molecule has 1 aromatic rings. The van der Waals surface area contributed by atoms with E-state index in [0.29, 0.717) is 16.8 Å². The SMILES string of the molecule is NC(=O)C(CCC(O)O)N1Cc2c(N)cccc2C1=O. The van der Waals surface area contributed by atoms with Crippen LogP contribution in [0.15, 0.2) is 18.2 Å². The molecule has 2 amide bonds. The minimum atomic E-state index is -1.54. The highest BCUT2D eigenvalue weighted by Crippen LogP contribution is 2.29. The molecule has 1 atom stereocenters. The van der Waals surface area contributed by atoms with Gasteiger partial charge in [-0.2, -0.15) is 0 Å². The molecule has 0 bridgehead atoms. The number of nitrogens with two attached hydrogens (primary N) is 2. The van der Waals surface area contributed by atoms with Gasteiger partial charge in [-0.25, -0.2) is 0 Å². The fourth-order valence-corrected chi connectivity index (χ4v) is 2.39. The number of carbonyl (C=O) groups excluding carboxylic acids is 2. The molecule has 0 spiro atoms. The maximum Gasteiger partial charge on any atom is 0.255 e. The number of hydrogen-bond donors (Lipinski definition) is 4. The lowest BCUT2D eigenvalue weighted by molar-refractivity contribution is -0.123. The number of nitrogen functional groups attached to an aromatic ring is 1. The molecule has 7 heteroatoms. The van der Waals surface area contributed by atoms with E-state index in [2.05, 4.69) is 0 Å². The molecule has 108 valence electrons. The Kier molecular flexibility index (Phi) is 3.91. The standard InChI is InChI=1S/C13H17N3O4/c14-9-3-1-2-7-8(9)6-16(13(7)20)10(12(15)19)4-5-11(17)18/h1-3,10-11,17-18H,4-6,14H2,(H2,15,19). The zero-order valence-electron chi connectivity index (χ0n) is 10.8. The Morgan fingerprint density at radius 3 is 2.60 bits per heavy atom. The number of anilines is 1. The molecule has 1 unspecified atom stereocenters. The van der Waals surface area contributed by atoms with E-state index in [9.17, 15) is 9.59 Å². The topological polar surface area (TPSA) is 130 Å². The lowest BCUT2D eigenvalue weighted by Gasteiger charge is -2.25. The Hall–Kier alpha value is -2.12. The van der Waals surface area contributed by atoms with Crippen LogP contribution in [0.25, 0.3) is 0 Å². The van der Waals surface area contributed by atoms with Crippen molar-refractivity contribution in [1.29, 1.82) is 0 Å². The van der Waals surface area contributed by atoms with E-state index in [4.69, 9.17) is 21.7 Å². The molecule has 0 saturated heterocycles. The highest BCUT2D eigenvalue weighted by Gasteiger charge is 2.36. The van der Waals surface area contributed by atoms with E-state index in [1.165, 1.54) is 4.90 Å². The first-order chi connectivity index (χ1) is 9.41. The van der Waals surface area contributed by atoms with Crippen molar-refractivity contribution in [3.8, 4) is 0 Å². The molecule has 0 aromatic heterocycles. The number of carbonyl (C=O) groups is 2. The van der Waals surface area contributed by atoms with Crippen LogP contribution in [0.1, 0.15) is 28.8 Å². The van der Waals surface area contributed by atoms with Crippen LogP contribution in [0, 0.1) is 0 Å². The third kappa shape index (κ3) is 2.59. The summed E-state index contributed by atoms with van der Waals surface area (Å²) in [6, 6.07) is 4.13. The van der Waals surface area contributed by atoms with E-state index in [-0.39, 0.29) is 25.3 Å². The number of hydrogen-bond acceptors (Lipinski definition) is 5. The Labute approximate surface area is 115 Å². The maximum atomic E-state index is 12.3. The molecular formula is C13H17N3O4. The quantitative estimate of drug-likeness (QED) is 0.413. The van der Waals surface area contributed by atoms with E-state index >= 15 is 0 Å². The van der Waals surface area contributed by atoms with E-state index < -0.39 is 18.2 Å². The van der Waals surface area contributed by atoms with Crippen LogP contribution >= 0.6 is 0 Å². The highest BCUT2D eigenvalue weighted by atomic mass is 16.5. The van der Waals surface area contributed by atoms with Crippen molar-refractivity contribution in [2.75, 3.05) is 5.73 Å². The summed E-state index contributed by atoms with van der Waals surface area (Å²) in [5, 5.41) is 17.8. The van der Waals surface area contributed by atoms with Crippen LogP contribution < -0.4 is 11.5 Å². The minimum absolute atomic E-state index is 0.0385. The molecule has 6 N–H and O–H groups in total. The van der Waals surface area contributed by atoms with E-state index in [1.807, 2.05) is 0 Å². The number of nitrogens with zero attached hydrogens (tertiary/aromatic N) is 1. The predicted molar refractivity (Wildman–Crippen MR) is 71.2 cm³/mol. The van der Waals surface area contributed by atoms with Gasteiger partial charge in [0.15, 0.2) is 6.29 Å². The van der Waals surface area contributed by atoms with Gasteiger partial charge in [0.1, 0.15) is 6.04 Å². The summed E-state index contributed by atoms with van der Waals surface area (Å²) in [5.41, 5.74) is 12.8. The molecule has 1 aliphatic heterocycles. The number of fused-ring (bicyclic) bond motifs is 1. The van der Waals surface area contributed by atoms with Gasteiger partial charge in [-0.3, -0.25) is 9.59 Å². The van der Waals surface area contributed by atoms with Gasteiger partial charge in [-0.15, -0.1) is 0 Å². The Bertz CT molecular complexity index is 544. The molecule has 2 rings (SSSR count). The van der Waals surface area contributed by atoms with Gasteiger partial charge in [-0.1, -0.05) is 6.07 Å². The van der Waals surface area contributed by atoms with E-state index in [1.54, 1.807) is 18.2 Å². The largest absolute Gasteiger partial charge is 0.398 e.